The molecule has 3 fully saturated rings. The van der Waals surface area contributed by atoms with Gasteiger partial charge < -0.3 is 14.7 Å². The second kappa shape index (κ2) is 10.3. The van der Waals surface area contributed by atoms with Crippen molar-refractivity contribution < 1.29 is 4.79 Å². The smallest absolute Gasteiger partial charge is 0.236 e. The molecule has 1 amide bonds. The fraction of sp³-hybridized carbons (Fsp3) is 0.577. The van der Waals surface area contributed by atoms with Gasteiger partial charge in [-0.2, -0.15) is 0 Å². The number of anilines is 2. The Balaban J connectivity index is 1.09. The molecular weight excluding hydrogens is 426 g/mol. The first-order valence-corrected chi connectivity index (χ1v) is 12.7. The lowest BCUT2D eigenvalue weighted by Crippen LogP contribution is -2.56. The predicted molar refractivity (Wildman–Crippen MR) is 136 cm³/mol. The number of piperazine rings is 2. The van der Waals surface area contributed by atoms with Gasteiger partial charge in [-0.15, -0.1) is 10.2 Å². The largest absolute Gasteiger partial charge is 0.378 e. The first-order valence-electron chi connectivity index (χ1n) is 12.7. The number of hydrogen-bond acceptors (Lipinski definition) is 7. The molecule has 1 aliphatic carbocycles. The van der Waals surface area contributed by atoms with E-state index in [1.807, 2.05) is 14.1 Å². The number of amides is 1. The summed E-state index contributed by atoms with van der Waals surface area (Å²) in [7, 11) is 4.08. The van der Waals surface area contributed by atoms with E-state index >= 15 is 0 Å². The highest BCUT2D eigenvalue weighted by atomic mass is 16.2. The van der Waals surface area contributed by atoms with E-state index in [1.54, 1.807) is 0 Å². The van der Waals surface area contributed by atoms with E-state index in [1.165, 1.54) is 19.3 Å². The summed E-state index contributed by atoms with van der Waals surface area (Å²) in [6.45, 7) is 7.87. The van der Waals surface area contributed by atoms with Crippen LogP contribution in [0.1, 0.15) is 19.3 Å². The molecule has 0 bridgehead atoms. The summed E-state index contributed by atoms with van der Waals surface area (Å²) in [5.74, 6) is 1.19. The van der Waals surface area contributed by atoms with Crippen molar-refractivity contribution in [1.82, 2.24) is 24.9 Å². The minimum atomic E-state index is 0.283. The second-order valence-corrected chi connectivity index (χ2v) is 9.99. The van der Waals surface area contributed by atoms with Gasteiger partial charge in [-0.25, -0.2) is 0 Å². The quantitative estimate of drug-likeness (QED) is 0.650. The summed E-state index contributed by atoms with van der Waals surface area (Å²) in [6, 6.07) is 13.2. The molecule has 2 aliphatic heterocycles. The highest BCUT2D eigenvalue weighted by Crippen LogP contribution is 2.26. The topological polar surface area (TPSA) is 59.1 Å². The average Bonchev–Trinajstić information content (AvgIpc) is 2.84. The highest BCUT2D eigenvalue weighted by Gasteiger charge is 2.30. The van der Waals surface area contributed by atoms with Gasteiger partial charge in [-0.3, -0.25) is 14.6 Å². The zero-order chi connectivity index (χ0) is 23.5. The van der Waals surface area contributed by atoms with Crippen LogP contribution in [-0.2, 0) is 4.79 Å². The summed E-state index contributed by atoms with van der Waals surface area (Å²) < 4.78 is 0. The molecule has 0 radical (unpaired) electrons. The van der Waals surface area contributed by atoms with Crippen LogP contribution in [0.5, 0.6) is 0 Å². The Kier molecular flexibility index (Phi) is 6.97. The normalized spacial score (nSPS) is 20.3. The molecule has 3 aliphatic rings. The molecule has 34 heavy (non-hydrogen) atoms. The Hall–Kier alpha value is -2.71. The fourth-order valence-corrected chi connectivity index (χ4v) is 5.11. The maximum Gasteiger partial charge on any atom is 0.236 e. The molecular formula is C26H37N7O. The maximum atomic E-state index is 12.8. The predicted octanol–water partition coefficient (Wildman–Crippen LogP) is 2.03. The maximum absolute atomic E-state index is 12.8. The Labute approximate surface area is 203 Å². The van der Waals surface area contributed by atoms with E-state index in [9.17, 15) is 4.79 Å². The summed E-state index contributed by atoms with van der Waals surface area (Å²) >= 11 is 0. The van der Waals surface area contributed by atoms with Crippen LogP contribution in [-0.4, -0.2) is 110 Å². The Morgan fingerprint density at radius 3 is 2.32 bits per heavy atom. The second-order valence-electron chi connectivity index (χ2n) is 9.99. The number of rotatable bonds is 6. The number of nitrogens with zero attached hydrogens (tertiary/aromatic N) is 7. The zero-order valence-electron chi connectivity index (χ0n) is 20.6. The minimum Gasteiger partial charge on any atom is -0.378 e. The molecule has 1 aromatic carbocycles. The summed E-state index contributed by atoms with van der Waals surface area (Å²) in [5, 5.41) is 9.00. The third kappa shape index (κ3) is 5.18. The Bertz CT molecular complexity index is 959. The fourth-order valence-electron chi connectivity index (χ4n) is 5.11. The highest BCUT2D eigenvalue weighted by molar-refractivity contribution is 5.78. The van der Waals surface area contributed by atoms with Crippen LogP contribution in [0.4, 0.5) is 11.5 Å². The van der Waals surface area contributed by atoms with Gasteiger partial charge in [0, 0.05) is 83.7 Å². The van der Waals surface area contributed by atoms with Crippen LogP contribution in [0, 0.1) is 0 Å². The molecule has 182 valence electrons. The van der Waals surface area contributed by atoms with Crippen LogP contribution in [0.25, 0.3) is 11.3 Å². The molecule has 8 nitrogen and oxygen atoms in total. The number of benzene rings is 1. The molecule has 0 spiro atoms. The van der Waals surface area contributed by atoms with E-state index in [2.05, 4.69) is 71.1 Å². The molecule has 2 saturated heterocycles. The molecule has 3 heterocycles. The van der Waals surface area contributed by atoms with Gasteiger partial charge in [0.15, 0.2) is 5.82 Å². The number of carbonyl (C=O) groups is 1. The van der Waals surface area contributed by atoms with E-state index in [-0.39, 0.29) is 5.91 Å². The summed E-state index contributed by atoms with van der Waals surface area (Å²) in [5.41, 5.74) is 3.10. The lowest BCUT2D eigenvalue weighted by atomic mass is 9.91. The van der Waals surface area contributed by atoms with Crippen LogP contribution < -0.4 is 9.80 Å². The first kappa shape index (κ1) is 23.1. The molecule has 5 rings (SSSR count). The van der Waals surface area contributed by atoms with Crippen molar-refractivity contribution in [3.63, 3.8) is 0 Å². The number of aromatic nitrogens is 2. The standard InChI is InChI=1S/C26H37N7O/c1-29(2)23-8-3-5-21(19-23)24-9-10-25(28-27-24)32-13-11-30(12-14-32)20-26(34)33-17-15-31(16-18-33)22-6-4-7-22/h3,5,8-10,19,22H,4,6-7,11-18,20H2,1-2H3. The van der Waals surface area contributed by atoms with Crippen LogP contribution in [0.3, 0.4) is 0 Å². The van der Waals surface area contributed by atoms with Crippen molar-refractivity contribution in [2.75, 3.05) is 82.8 Å². The Morgan fingerprint density at radius 1 is 0.941 bits per heavy atom. The van der Waals surface area contributed by atoms with E-state index in [4.69, 9.17) is 0 Å². The van der Waals surface area contributed by atoms with Crippen molar-refractivity contribution in [3.05, 3.63) is 36.4 Å². The van der Waals surface area contributed by atoms with Crippen LogP contribution >= 0.6 is 0 Å². The van der Waals surface area contributed by atoms with Crippen molar-refractivity contribution in [2.45, 2.75) is 25.3 Å². The first-order chi connectivity index (χ1) is 16.6. The van der Waals surface area contributed by atoms with Crippen molar-refractivity contribution in [1.29, 1.82) is 0 Å². The summed E-state index contributed by atoms with van der Waals surface area (Å²) in [4.78, 5) is 24.1. The van der Waals surface area contributed by atoms with Gasteiger partial charge >= 0.3 is 0 Å². The zero-order valence-corrected chi connectivity index (χ0v) is 20.6. The van der Waals surface area contributed by atoms with Gasteiger partial charge in [-0.1, -0.05) is 18.6 Å². The summed E-state index contributed by atoms with van der Waals surface area (Å²) in [6.07, 6.45) is 4.06. The molecule has 0 unspecified atom stereocenters. The Morgan fingerprint density at radius 2 is 1.71 bits per heavy atom. The lowest BCUT2D eigenvalue weighted by Gasteiger charge is -2.43. The van der Waals surface area contributed by atoms with Crippen molar-refractivity contribution >= 4 is 17.4 Å². The van der Waals surface area contributed by atoms with Gasteiger partial charge in [0.1, 0.15) is 0 Å². The molecule has 2 aromatic rings. The van der Waals surface area contributed by atoms with Gasteiger partial charge in [0.2, 0.25) is 5.91 Å². The van der Waals surface area contributed by atoms with Crippen molar-refractivity contribution in [3.8, 4) is 11.3 Å². The molecule has 0 atom stereocenters. The minimum absolute atomic E-state index is 0.283. The average molecular weight is 464 g/mol. The monoisotopic (exact) mass is 463 g/mol. The molecule has 1 aromatic heterocycles. The molecule has 1 saturated carbocycles. The van der Waals surface area contributed by atoms with Crippen LogP contribution in [0.2, 0.25) is 0 Å². The number of hydrogen-bond donors (Lipinski definition) is 0. The molecule has 0 N–H and O–H groups in total. The molecule has 8 heteroatoms. The lowest BCUT2D eigenvalue weighted by molar-refractivity contribution is -0.134. The van der Waals surface area contributed by atoms with E-state index in [0.29, 0.717) is 6.54 Å². The SMILES string of the molecule is CN(C)c1cccc(-c2ccc(N3CCN(CC(=O)N4CCN(C5CCC5)CC4)CC3)nn2)c1. The van der Waals surface area contributed by atoms with Gasteiger partial charge in [-0.05, 0) is 37.1 Å². The van der Waals surface area contributed by atoms with Crippen molar-refractivity contribution in [2.24, 2.45) is 0 Å². The third-order valence-corrected chi connectivity index (χ3v) is 7.62. The number of carbonyl (C=O) groups excluding carboxylic acids is 1. The third-order valence-electron chi connectivity index (χ3n) is 7.62. The van der Waals surface area contributed by atoms with E-state index < -0.39 is 0 Å². The van der Waals surface area contributed by atoms with Crippen LogP contribution in [0.15, 0.2) is 36.4 Å². The van der Waals surface area contributed by atoms with Gasteiger partial charge in [0.05, 0.1) is 12.2 Å². The van der Waals surface area contributed by atoms with Gasteiger partial charge in [0.25, 0.3) is 0 Å². The van der Waals surface area contributed by atoms with E-state index in [0.717, 1.165) is 81.2 Å².